The van der Waals surface area contributed by atoms with E-state index in [-0.39, 0.29) is 0 Å². The van der Waals surface area contributed by atoms with Crippen molar-refractivity contribution in [1.29, 1.82) is 0 Å². The van der Waals surface area contributed by atoms with Crippen LogP contribution in [0, 0.1) is 12.3 Å². The van der Waals surface area contributed by atoms with Crippen molar-refractivity contribution in [3.8, 4) is 0 Å². The molecule has 1 saturated heterocycles. The molecule has 0 unspecified atom stereocenters. The second-order valence-electron chi connectivity index (χ2n) is 6.81. The van der Waals surface area contributed by atoms with E-state index in [9.17, 15) is 0 Å². The third-order valence-corrected chi connectivity index (χ3v) is 5.40. The minimum absolute atomic E-state index is 0.715. The molecule has 1 aromatic rings. The van der Waals surface area contributed by atoms with Gasteiger partial charge in [-0.2, -0.15) is 0 Å². The van der Waals surface area contributed by atoms with E-state index in [1.807, 2.05) is 7.05 Å². The Kier molecular flexibility index (Phi) is 4.18. The molecular formula is C17H28N2O. The second-order valence-corrected chi connectivity index (χ2v) is 6.81. The van der Waals surface area contributed by atoms with E-state index in [0.717, 1.165) is 24.6 Å². The summed E-state index contributed by atoms with van der Waals surface area (Å²) in [6, 6.07) is 2.23. The van der Waals surface area contributed by atoms with E-state index in [1.54, 1.807) is 0 Å². The number of piperidine rings is 1. The maximum absolute atomic E-state index is 5.91. The van der Waals surface area contributed by atoms with E-state index in [1.165, 1.54) is 57.2 Å². The van der Waals surface area contributed by atoms with Crippen LogP contribution in [0.1, 0.15) is 55.6 Å². The predicted molar refractivity (Wildman–Crippen MR) is 81.6 cm³/mol. The molecule has 3 rings (SSSR count). The highest BCUT2D eigenvalue weighted by molar-refractivity contribution is 5.20. The molecule has 1 aliphatic heterocycles. The normalized spacial score (nSPS) is 22.7. The largest absolute Gasteiger partial charge is 0.465 e. The monoisotopic (exact) mass is 276 g/mol. The van der Waals surface area contributed by atoms with Gasteiger partial charge < -0.3 is 9.73 Å². The van der Waals surface area contributed by atoms with Crippen LogP contribution in [0.3, 0.4) is 0 Å². The number of likely N-dealkylation sites (tertiary alicyclic amines) is 1. The van der Waals surface area contributed by atoms with Gasteiger partial charge >= 0.3 is 0 Å². The summed E-state index contributed by atoms with van der Waals surface area (Å²) >= 11 is 0. The van der Waals surface area contributed by atoms with E-state index < -0.39 is 0 Å². The Labute approximate surface area is 122 Å². The van der Waals surface area contributed by atoms with Crippen LogP contribution in [-0.4, -0.2) is 25.0 Å². The lowest BCUT2D eigenvalue weighted by Crippen LogP contribution is -2.38. The van der Waals surface area contributed by atoms with Crippen molar-refractivity contribution in [3.05, 3.63) is 23.2 Å². The average Bonchev–Trinajstić information content (AvgIpc) is 3.02. The molecule has 0 bridgehead atoms. The molecular weight excluding hydrogens is 248 g/mol. The minimum atomic E-state index is 0.715. The van der Waals surface area contributed by atoms with Gasteiger partial charge in [0.15, 0.2) is 0 Å². The second kappa shape index (κ2) is 5.90. The van der Waals surface area contributed by atoms with Gasteiger partial charge in [-0.3, -0.25) is 4.90 Å². The first-order valence-electron chi connectivity index (χ1n) is 8.16. The molecule has 1 aromatic heterocycles. The van der Waals surface area contributed by atoms with Crippen LogP contribution in [0.25, 0.3) is 0 Å². The number of furan rings is 1. The van der Waals surface area contributed by atoms with Crippen LogP contribution in [-0.2, 0) is 13.1 Å². The Hall–Kier alpha value is -0.800. The van der Waals surface area contributed by atoms with Crippen molar-refractivity contribution >= 4 is 0 Å². The highest BCUT2D eigenvalue weighted by Crippen LogP contribution is 2.46. The minimum Gasteiger partial charge on any atom is -0.465 e. The Morgan fingerprint density at radius 2 is 1.90 bits per heavy atom. The summed E-state index contributed by atoms with van der Waals surface area (Å²) < 4.78 is 5.91. The summed E-state index contributed by atoms with van der Waals surface area (Å²) in [5, 5.41) is 3.20. The number of hydrogen-bond acceptors (Lipinski definition) is 3. The lowest BCUT2D eigenvalue weighted by Gasteiger charge is -2.39. The first-order valence-corrected chi connectivity index (χ1v) is 8.16. The first-order chi connectivity index (χ1) is 9.71. The van der Waals surface area contributed by atoms with Crippen LogP contribution in [0.2, 0.25) is 0 Å². The van der Waals surface area contributed by atoms with Gasteiger partial charge in [-0.25, -0.2) is 0 Å². The Balaban J connectivity index is 1.55. The number of rotatable bonds is 4. The molecule has 2 aliphatic rings. The van der Waals surface area contributed by atoms with Crippen molar-refractivity contribution in [1.82, 2.24) is 10.2 Å². The third kappa shape index (κ3) is 2.94. The molecule has 3 heteroatoms. The van der Waals surface area contributed by atoms with E-state index in [4.69, 9.17) is 4.42 Å². The highest BCUT2D eigenvalue weighted by Gasteiger charge is 2.36. The summed E-state index contributed by atoms with van der Waals surface area (Å²) in [4.78, 5) is 2.57. The fourth-order valence-electron chi connectivity index (χ4n) is 4.06. The molecule has 1 saturated carbocycles. The first kappa shape index (κ1) is 14.2. The zero-order valence-corrected chi connectivity index (χ0v) is 13.0. The predicted octanol–water partition coefficient (Wildman–Crippen LogP) is 3.46. The van der Waals surface area contributed by atoms with Crippen molar-refractivity contribution in [2.75, 3.05) is 20.1 Å². The molecule has 1 spiro atoms. The van der Waals surface area contributed by atoms with Crippen LogP contribution in [0.15, 0.2) is 10.5 Å². The molecule has 1 aliphatic carbocycles. The van der Waals surface area contributed by atoms with Crippen LogP contribution in [0.4, 0.5) is 0 Å². The Bertz CT molecular complexity index is 436. The van der Waals surface area contributed by atoms with Gasteiger partial charge in [-0.05, 0) is 64.2 Å². The summed E-state index contributed by atoms with van der Waals surface area (Å²) in [7, 11) is 1.98. The van der Waals surface area contributed by atoms with Crippen molar-refractivity contribution in [2.24, 2.45) is 5.41 Å². The van der Waals surface area contributed by atoms with Crippen LogP contribution >= 0.6 is 0 Å². The van der Waals surface area contributed by atoms with Gasteiger partial charge in [-0.1, -0.05) is 12.8 Å². The summed E-state index contributed by atoms with van der Waals surface area (Å²) in [6.07, 6.45) is 8.68. The zero-order chi connectivity index (χ0) is 14.0. The SMILES string of the molecule is CNCc1cc(CN2CCC3(CCCC3)CC2)oc1C. The quantitative estimate of drug-likeness (QED) is 0.913. The molecule has 2 heterocycles. The van der Waals surface area contributed by atoms with Crippen molar-refractivity contribution < 1.29 is 4.42 Å². The lowest BCUT2D eigenvalue weighted by atomic mass is 9.77. The van der Waals surface area contributed by atoms with Crippen molar-refractivity contribution in [3.63, 3.8) is 0 Å². The molecule has 20 heavy (non-hydrogen) atoms. The van der Waals surface area contributed by atoms with Gasteiger partial charge in [0.2, 0.25) is 0 Å². The highest BCUT2D eigenvalue weighted by atomic mass is 16.3. The molecule has 0 aromatic carbocycles. The van der Waals surface area contributed by atoms with E-state index in [0.29, 0.717) is 5.41 Å². The smallest absolute Gasteiger partial charge is 0.118 e. The number of nitrogens with zero attached hydrogens (tertiary/aromatic N) is 1. The fraction of sp³-hybridized carbons (Fsp3) is 0.765. The van der Waals surface area contributed by atoms with Gasteiger partial charge in [0.05, 0.1) is 6.54 Å². The standard InChI is InChI=1S/C17H28N2O/c1-14-15(12-18-2)11-16(20-14)13-19-9-7-17(8-10-19)5-3-4-6-17/h11,18H,3-10,12-13H2,1-2H3. The van der Waals surface area contributed by atoms with Gasteiger partial charge in [0.25, 0.3) is 0 Å². The summed E-state index contributed by atoms with van der Waals surface area (Å²) in [5.74, 6) is 2.20. The number of hydrogen-bond donors (Lipinski definition) is 1. The van der Waals surface area contributed by atoms with E-state index >= 15 is 0 Å². The molecule has 0 radical (unpaired) electrons. The Morgan fingerprint density at radius 3 is 2.55 bits per heavy atom. The van der Waals surface area contributed by atoms with Gasteiger partial charge in [0, 0.05) is 12.1 Å². The molecule has 1 N–H and O–H groups in total. The number of aryl methyl sites for hydroxylation is 1. The molecule has 112 valence electrons. The topological polar surface area (TPSA) is 28.4 Å². The van der Waals surface area contributed by atoms with Crippen LogP contribution < -0.4 is 5.32 Å². The van der Waals surface area contributed by atoms with Crippen molar-refractivity contribution in [2.45, 2.75) is 58.5 Å². The lowest BCUT2D eigenvalue weighted by molar-refractivity contribution is 0.0979. The summed E-state index contributed by atoms with van der Waals surface area (Å²) in [5.41, 5.74) is 2.01. The van der Waals surface area contributed by atoms with Gasteiger partial charge in [0.1, 0.15) is 11.5 Å². The molecule has 3 nitrogen and oxygen atoms in total. The average molecular weight is 276 g/mol. The maximum atomic E-state index is 5.91. The molecule has 0 atom stereocenters. The Morgan fingerprint density at radius 1 is 1.20 bits per heavy atom. The third-order valence-electron chi connectivity index (χ3n) is 5.40. The van der Waals surface area contributed by atoms with E-state index in [2.05, 4.69) is 23.2 Å². The fourth-order valence-corrected chi connectivity index (χ4v) is 4.06. The zero-order valence-electron chi connectivity index (χ0n) is 13.0. The van der Waals surface area contributed by atoms with Gasteiger partial charge in [-0.15, -0.1) is 0 Å². The van der Waals surface area contributed by atoms with Crippen LogP contribution in [0.5, 0.6) is 0 Å². The maximum Gasteiger partial charge on any atom is 0.118 e. The molecule has 2 fully saturated rings. The molecule has 0 amide bonds. The summed E-state index contributed by atoms with van der Waals surface area (Å²) in [6.45, 7) is 6.46. The number of nitrogens with one attached hydrogen (secondary N) is 1.